The van der Waals surface area contributed by atoms with Gasteiger partial charge in [0.25, 0.3) is 0 Å². The molecular formula is C19H17NO4. The zero-order valence-electron chi connectivity index (χ0n) is 13.3. The average molecular weight is 323 g/mol. The number of imide groups is 1. The highest BCUT2D eigenvalue weighted by atomic mass is 16.5. The summed E-state index contributed by atoms with van der Waals surface area (Å²) in [7, 11) is 0. The number of rotatable bonds is 2. The van der Waals surface area contributed by atoms with Crippen LogP contribution in [-0.2, 0) is 14.4 Å². The van der Waals surface area contributed by atoms with Gasteiger partial charge in [-0.2, -0.15) is 0 Å². The predicted octanol–water partition coefficient (Wildman–Crippen LogP) is 2.31. The number of esters is 1. The molecule has 5 rings (SSSR count). The molecule has 1 heterocycles. The molecule has 1 spiro atoms. The highest BCUT2D eigenvalue weighted by molar-refractivity contribution is 6.23. The van der Waals surface area contributed by atoms with Crippen molar-refractivity contribution >= 4 is 23.5 Å². The van der Waals surface area contributed by atoms with Crippen LogP contribution in [0.1, 0.15) is 19.8 Å². The Morgan fingerprint density at radius 1 is 1.04 bits per heavy atom. The van der Waals surface area contributed by atoms with Gasteiger partial charge in [-0.3, -0.25) is 19.3 Å². The molecule has 0 N–H and O–H groups in total. The summed E-state index contributed by atoms with van der Waals surface area (Å²) in [5.74, 6) is -0.0660. The van der Waals surface area contributed by atoms with Gasteiger partial charge in [0.2, 0.25) is 11.8 Å². The van der Waals surface area contributed by atoms with E-state index in [1.54, 1.807) is 24.3 Å². The molecule has 2 bridgehead atoms. The number of amides is 2. The van der Waals surface area contributed by atoms with Gasteiger partial charge in [0.1, 0.15) is 5.75 Å². The Morgan fingerprint density at radius 2 is 1.58 bits per heavy atom. The topological polar surface area (TPSA) is 63.7 Å². The predicted molar refractivity (Wildman–Crippen MR) is 85.0 cm³/mol. The van der Waals surface area contributed by atoms with Crippen molar-refractivity contribution in [2.24, 2.45) is 29.1 Å². The molecule has 0 unspecified atom stereocenters. The van der Waals surface area contributed by atoms with Crippen LogP contribution in [0.5, 0.6) is 5.75 Å². The molecule has 5 nitrogen and oxygen atoms in total. The van der Waals surface area contributed by atoms with E-state index in [1.807, 2.05) is 0 Å². The van der Waals surface area contributed by atoms with Crippen molar-refractivity contribution < 1.29 is 19.1 Å². The van der Waals surface area contributed by atoms with E-state index < -0.39 is 5.97 Å². The third kappa shape index (κ3) is 1.57. The van der Waals surface area contributed by atoms with Gasteiger partial charge in [-0.05, 0) is 54.4 Å². The summed E-state index contributed by atoms with van der Waals surface area (Å²) < 4.78 is 5.00. The average Bonchev–Trinajstić information content (AvgIpc) is 3.14. The van der Waals surface area contributed by atoms with Crippen LogP contribution < -0.4 is 9.64 Å². The lowest BCUT2D eigenvalue weighted by molar-refractivity contribution is -0.132. The zero-order chi connectivity index (χ0) is 16.6. The molecule has 4 aliphatic rings. The van der Waals surface area contributed by atoms with E-state index in [-0.39, 0.29) is 40.9 Å². The largest absolute Gasteiger partial charge is 0.427 e. The molecule has 3 aliphatic carbocycles. The molecule has 3 fully saturated rings. The molecule has 2 amide bonds. The minimum Gasteiger partial charge on any atom is -0.427 e. The number of nitrogens with zero attached hydrogens (tertiary/aromatic N) is 1. The van der Waals surface area contributed by atoms with Crippen molar-refractivity contribution in [1.82, 2.24) is 0 Å². The van der Waals surface area contributed by atoms with E-state index in [9.17, 15) is 14.4 Å². The Kier molecular flexibility index (Phi) is 2.53. The zero-order valence-corrected chi connectivity index (χ0v) is 13.3. The normalized spacial score (nSPS) is 34.1. The fourth-order valence-corrected chi connectivity index (χ4v) is 5.16. The molecule has 1 aromatic carbocycles. The van der Waals surface area contributed by atoms with Crippen LogP contribution in [0, 0.1) is 29.1 Å². The standard InChI is InChI=1S/C19H17NO4/c1-10(21)24-12-4-2-11(3-5-12)20-17(22)15-13-6-7-14(16(15)18(20)23)19(13)8-9-19/h2-7,13-16H,8-9H2,1H3/t13-,14+,15+,16-. The molecule has 122 valence electrons. The van der Waals surface area contributed by atoms with Crippen LogP contribution in [0.25, 0.3) is 0 Å². The number of allylic oxidation sites excluding steroid dienone is 2. The van der Waals surface area contributed by atoms with Gasteiger partial charge in [-0.15, -0.1) is 0 Å². The summed E-state index contributed by atoms with van der Waals surface area (Å²) >= 11 is 0. The maximum Gasteiger partial charge on any atom is 0.308 e. The lowest BCUT2D eigenvalue weighted by atomic mass is 9.85. The molecule has 0 radical (unpaired) electrons. The van der Waals surface area contributed by atoms with Gasteiger partial charge in [-0.25, -0.2) is 0 Å². The first-order chi connectivity index (χ1) is 11.5. The number of hydrogen-bond donors (Lipinski definition) is 0. The molecular weight excluding hydrogens is 306 g/mol. The van der Waals surface area contributed by atoms with Crippen molar-refractivity contribution in [2.45, 2.75) is 19.8 Å². The first kappa shape index (κ1) is 14.0. The lowest BCUT2D eigenvalue weighted by Crippen LogP contribution is -2.34. The van der Waals surface area contributed by atoms with Gasteiger partial charge in [0.05, 0.1) is 17.5 Å². The molecule has 1 aromatic rings. The number of fused-ring (bicyclic) bond motifs is 3. The molecule has 2 saturated carbocycles. The summed E-state index contributed by atoms with van der Waals surface area (Å²) in [6, 6.07) is 6.55. The minimum atomic E-state index is -0.400. The maximum atomic E-state index is 13.0. The summed E-state index contributed by atoms with van der Waals surface area (Å²) in [5.41, 5.74) is 0.769. The second kappa shape index (κ2) is 4.35. The highest BCUT2D eigenvalue weighted by Crippen LogP contribution is 2.73. The SMILES string of the molecule is CC(=O)Oc1ccc(N2C(=O)[C@@H]3[C@H](C2=O)[C@@H]2C=C[C@H]3C23CC3)cc1. The third-order valence-electron chi connectivity index (χ3n) is 6.21. The van der Waals surface area contributed by atoms with Crippen LogP contribution in [0.4, 0.5) is 5.69 Å². The van der Waals surface area contributed by atoms with Crippen LogP contribution in [0.3, 0.4) is 0 Å². The number of anilines is 1. The van der Waals surface area contributed by atoms with E-state index in [0.29, 0.717) is 11.4 Å². The van der Waals surface area contributed by atoms with Gasteiger partial charge in [0, 0.05) is 6.92 Å². The Labute approximate surface area is 139 Å². The van der Waals surface area contributed by atoms with Gasteiger partial charge in [-0.1, -0.05) is 12.2 Å². The fraction of sp³-hybridized carbons (Fsp3) is 0.421. The van der Waals surface area contributed by atoms with E-state index in [1.165, 1.54) is 11.8 Å². The number of carbonyl (C=O) groups is 3. The van der Waals surface area contributed by atoms with Crippen molar-refractivity contribution in [1.29, 1.82) is 0 Å². The van der Waals surface area contributed by atoms with Crippen LogP contribution in [0.2, 0.25) is 0 Å². The Bertz CT molecular complexity index is 771. The second-order valence-electron chi connectivity index (χ2n) is 7.32. The molecule has 1 aliphatic heterocycles. The summed E-state index contributed by atoms with van der Waals surface area (Å²) in [5, 5.41) is 0. The molecule has 0 aromatic heterocycles. The highest BCUT2D eigenvalue weighted by Gasteiger charge is 2.73. The molecule has 4 atom stereocenters. The molecule has 5 heteroatoms. The number of hydrogen-bond acceptors (Lipinski definition) is 4. The van der Waals surface area contributed by atoms with Gasteiger partial charge < -0.3 is 4.74 Å². The monoisotopic (exact) mass is 323 g/mol. The van der Waals surface area contributed by atoms with E-state index >= 15 is 0 Å². The second-order valence-corrected chi connectivity index (χ2v) is 7.32. The third-order valence-corrected chi connectivity index (χ3v) is 6.21. The Morgan fingerprint density at radius 3 is 2.04 bits per heavy atom. The maximum absolute atomic E-state index is 13.0. The fourth-order valence-electron chi connectivity index (χ4n) is 5.16. The Balaban J connectivity index is 1.46. The van der Waals surface area contributed by atoms with Crippen LogP contribution in [-0.4, -0.2) is 17.8 Å². The first-order valence-corrected chi connectivity index (χ1v) is 8.37. The quantitative estimate of drug-likeness (QED) is 0.363. The van der Waals surface area contributed by atoms with Gasteiger partial charge >= 0.3 is 5.97 Å². The minimum absolute atomic E-state index is 0.0756. The lowest BCUT2D eigenvalue weighted by Gasteiger charge is -2.21. The smallest absolute Gasteiger partial charge is 0.308 e. The van der Waals surface area contributed by atoms with Crippen LogP contribution in [0.15, 0.2) is 36.4 Å². The van der Waals surface area contributed by atoms with E-state index in [4.69, 9.17) is 4.74 Å². The van der Waals surface area contributed by atoms with Crippen molar-refractivity contribution in [2.75, 3.05) is 4.90 Å². The summed E-state index contributed by atoms with van der Waals surface area (Å²) in [6.45, 7) is 1.33. The van der Waals surface area contributed by atoms with Gasteiger partial charge in [0.15, 0.2) is 0 Å². The van der Waals surface area contributed by atoms with Crippen molar-refractivity contribution in [3.8, 4) is 5.75 Å². The number of ether oxygens (including phenoxy) is 1. The number of benzene rings is 1. The summed E-state index contributed by atoms with van der Waals surface area (Å²) in [4.78, 5) is 38.2. The van der Waals surface area contributed by atoms with Crippen molar-refractivity contribution in [3.05, 3.63) is 36.4 Å². The van der Waals surface area contributed by atoms with Crippen LogP contribution >= 0.6 is 0 Å². The van der Waals surface area contributed by atoms with E-state index in [2.05, 4.69) is 12.2 Å². The first-order valence-electron chi connectivity index (χ1n) is 8.37. The number of carbonyl (C=O) groups excluding carboxylic acids is 3. The Hall–Kier alpha value is -2.43. The van der Waals surface area contributed by atoms with E-state index in [0.717, 1.165) is 12.8 Å². The van der Waals surface area contributed by atoms with Crippen molar-refractivity contribution in [3.63, 3.8) is 0 Å². The summed E-state index contributed by atoms with van der Waals surface area (Å²) in [6.07, 6.45) is 6.61. The molecule has 1 saturated heterocycles. The molecule has 24 heavy (non-hydrogen) atoms.